The lowest BCUT2D eigenvalue weighted by atomic mass is 9.77. The third-order valence-corrected chi connectivity index (χ3v) is 3.08. The predicted molar refractivity (Wildman–Crippen MR) is 46.7 cm³/mol. The maximum Gasteiger partial charge on any atom is 0.0597 e. The minimum absolute atomic E-state index is 0.393. The van der Waals surface area contributed by atoms with E-state index in [0.717, 1.165) is 13.1 Å². The second-order valence-electron chi connectivity index (χ2n) is 3.78. The summed E-state index contributed by atoms with van der Waals surface area (Å²) in [6, 6.07) is 0. The molecule has 11 heavy (non-hydrogen) atoms. The zero-order valence-electron chi connectivity index (χ0n) is 7.81. The van der Waals surface area contributed by atoms with Gasteiger partial charge in [-0.05, 0) is 38.3 Å². The topological polar surface area (TPSA) is 21.3 Å². The minimum Gasteiger partial charge on any atom is -0.381 e. The van der Waals surface area contributed by atoms with Crippen LogP contribution in [0.5, 0.6) is 0 Å². The zero-order valence-corrected chi connectivity index (χ0v) is 7.81. The number of methoxy groups -OCH3 is 1. The molecule has 0 aromatic carbocycles. The Morgan fingerprint density at radius 3 is 2.36 bits per heavy atom. The Kier molecular flexibility index (Phi) is 2.90. The molecule has 1 rings (SSSR count). The third kappa shape index (κ3) is 1.94. The van der Waals surface area contributed by atoms with E-state index in [1.807, 2.05) is 0 Å². The Hall–Kier alpha value is -0.0800. The van der Waals surface area contributed by atoms with Gasteiger partial charge in [-0.25, -0.2) is 0 Å². The van der Waals surface area contributed by atoms with Crippen molar-refractivity contribution in [1.29, 1.82) is 0 Å². The summed E-state index contributed by atoms with van der Waals surface area (Å²) in [5.41, 5.74) is 0.403. The summed E-state index contributed by atoms with van der Waals surface area (Å²) >= 11 is 0. The van der Waals surface area contributed by atoms with Crippen molar-refractivity contribution in [2.45, 2.75) is 32.8 Å². The highest BCUT2D eigenvalue weighted by atomic mass is 16.5. The summed E-state index contributed by atoms with van der Waals surface area (Å²) in [5, 5.41) is 3.36. The Balaban J connectivity index is 2.49. The van der Waals surface area contributed by atoms with E-state index < -0.39 is 0 Å². The molecule has 0 aliphatic carbocycles. The van der Waals surface area contributed by atoms with Gasteiger partial charge in [-0.2, -0.15) is 0 Å². The Labute approximate surface area is 69.3 Å². The lowest BCUT2D eigenvalue weighted by molar-refractivity contribution is -0.00724. The fourth-order valence-corrected chi connectivity index (χ4v) is 1.69. The molecule has 0 aromatic rings. The van der Waals surface area contributed by atoms with Crippen LogP contribution in [0.3, 0.4) is 0 Å². The molecular formula is C9H19NO. The molecule has 66 valence electrons. The number of hydrogen-bond donors (Lipinski definition) is 1. The van der Waals surface area contributed by atoms with Gasteiger partial charge in [0.1, 0.15) is 0 Å². The van der Waals surface area contributed by atoms with Crippen molar-refractivity contribution in [2.24, 2.45) is 5.41 Å². The minimum atomic E-state index is 0.393. The first-order valence-electron chi connectivity index (χ1n) is 4.42. The van der Waals surface area contributed by atoms with Crippen molar-refractivity contribution in [3.63, 3.8) is 0 Å². The average molecular weight is 157 g/mol. The Morgan fingerprint density at radius 2 is 1.91 bits per heavy atom. The van der Waals surface area contributed by atoms with E-state index in [9.17, 15) is 0 Å². The summed E-state index contributed by atoms with van der Waals surface area (Å²) in [6.45, 7) is 6.78. The summed E-state index contributed by atoms with van der Waals surface area (Å²) < 4.78 is 5.36. The SMILES string of the molecule is COC(C)C1(C)CCNCC1. The molecule has 1 N–H and O–H groups in total. The highest BCUT2D eigenvalue weighted by Gasteiger charge is 2.32. The van der Waals surface area contributed by atoms with Crippen LogP contribution in [0.1, 0.15) is 26.7 Å². The fraction of sp³-hybridized carbons (Fsp3) is 1.00. The van der Waals surface area contributed by atoms with Crippen molar-refractivity contribution in [2.75, 3.05) is 20.2 Å². The van der Waals surface area contributed by atoms with Gasteiger partial charge in [0.15, 0.2) is 0 Å². The molecule has 1 aliphatic rings. The van der Waals surface area contributed by atoms with Gasteiger partial charge in [-0.15, -0.1) is 0 Å². The molecule has 0 radical (unpaired) electrons. The van der Waals surface area contributed by atoms with Crippen LogP contribution in [-0.4, -0.2) is 26.3 Å². The normalized spacial score (nSPS) is 26.5. The van der Waals surface area contributed by atoms with Gasteiger partial charge >= 0.3 is 0 Å². The molecule has 0 spiro atoms. The second kappa shape index (κ2) is 3.55. The second-order valence-corrected chi connectivity index (χ2v) is 3.78. The maximum atomic E-state index is 5.36. The van der Waals surface area contributed by atoms with Crippen LogP contribution in [0.25, 0.3) is 0 Å². The molecule has 2 heteroatoms. The number of ether oxygens (including phenoxy) is 1. The zero-order chi connectivity index (χ0) is 8.32. The fourth-order valence-electron chi connectivity index (χ4n) is 1.69. The average Bonchev–Trinajstić information content (AvgIpc) is 2.04. The lowest BCUT2D eigenvalue weighted by Crippen LogP contribution is -2.41. The molecular weight excluding hydrogens is 138 g/mol. The van der Waals surface area contributed by atoms with Gasteiger partial charge in [0.05, 0.1) is 6.10 Å². The van der Waals surface area contributed by atoms with E-state index in [0.29, 0.717) is 11.5 Å². The van der Waals surface area contributed by atoms with E-state index in [4.69, 9.17) is 4.74 Å². The molecule has 1 fully saturated rings. The van der Waals surface area contributed by atoms with Crippen molar-refractivity contribution < 1.29 is 4.74 Å². The molecule has 0 saturated carbocycles. The maximum absolute atomic E-state index is 5.36. The molecule has 1 heterocycles. The highest BCUT2D eigenvalue weighted by Crippen LogP contribution is 2.33. The molecule has 0 bridgehead atoms. The quantitative estimate of drug-likeness (QED) is 0.654. The summed E-state index contributed by atoms with van der Waals surface area (Å²) in [7, 11) is 1.80. The molecule has 0 amide bonds. The molecule has 1 unspecified atom stereocenters. The molecule has 1 aliphatic heterocycles. The Bertz CT molecular complexity index is 119. The first kappa shape index (κ1) is 9.01. The third-order valence-electron chi connectivity index (χ3n) is 3.08. The number of piperidine rings is 1. The van der Waals surface area contributed by atoms with E-state index in [1.54, 1.807) is 7.11 Å². The van der Waals surface area contributed by atoms with Gasteiger partial charge in [0.2, 0.25) is 0 Å². The van der Waals surface area contributed by atoms with Crippen LogP contribution in [0.15, 0.2) is 0 Å². The van der Waals surface area contributed by atoms with Crippen molar-refractivity contribution in [1.82, 2.24) is 5.32 Å². The molecule has 0 aromatic heterocycles. The predicted octanol–water partition coefficient (Wildman–Crippen LogP) is 1.41. The van der Waals surface area contributed by atoms with Crippen LogP contribution in [0.2, 0.25) is 0 Å². The molecule has 1 saturated heterocycles. The first-order valence-corrected chi connectivity index (χ1v) is 4.42. The van der Waals surface area contributed by atoms with Crippen molar-refractivity contribution in [3.05, 3.63) is 0 Å². The number of nitrogens with one attached hydrogen (secondary N) is 1. The standard InChI is InChI=1S/C9H19NO/c1-8(11-3)9(2)4-6-10-7-5-9/h8,10H,4-7H2,1-3H3. The summed E-state index contributed by atoms with van der Waals surface area (Å²) in [5.74, 6) is 0. The van der Waals surface area contributed by atoms with Gasteiger partial charge < -0.3 is 10.1 Å². The van der Waals surface area contributed by atoms with Crippen LogP contribution in [0.4, 0.5) is 0 Å². The number of rotatable bonds is 2. The van der Waals surface area contributed by atoms with Gasteiger partial charge in [0.25, 0.3) is 0 Å². The smallest absolute Gasteiger partial charge is 0.0597 e. The van der Waals surface area contributed by atoms with Gasteiger partial charge in [0, 0.05) is 7.11 Å². The number of hydrogen-bond acceptors (Lipinski definition) is 2. The van der Waals surface area contributed by atoms with Crippen LogP contribution < -0.4 is 5.32 Å². The first-order chi connectivity index (χ1) is 5.19. The van der Waals surface area contributed by atoms with Crippen molar-refractivity contribution in [3.8, 4) is 0 Å². The van der Waals surface area contributed by atoms with Crippen molar-refractivity contribution >= 4 is 0 Å². The van der Waals surface area contributed by atoms with Crippen LogP contribution in [0, 0.1) is 5.41 Å². The van der Waals surface area contributed by atoms with E-state index in [-0.39, 0.29) is 0 Å². The van der Waals surface area contributed by atoms with Crippen LogP contribution in [-0.2, 0) is 4.74 Å². The highest BCUT2D eigenvalue weighted by molar-refractivity contribution is 4.85. The van der Waals surface area contributed by atoms with E-state index in [1.165, 1.54) is 12.8 Å². The van der Waals surface area contributed by atoms with Gasteiger partial charge in [-0.3, -0.25) is 0 Å². The largest absolute Gasteiger partial charge is 0.381 e. The van der Waals surface area contributed by atoms with E-state index in [2.05, 4.69) is 19.2 Å². The lowest BCUT2D eigenvalue weighted by Gasteiger charge is -2.38. The summed E-state index contributed by atoms with van der Waals surface area (Å²) in [4.78, 5) is 0. The Morgan fingerprint density at radius 1 is 1.36 bits per heavy atom. The van der Waals surface area contributed by atoms with E-state index >= 15 is 0 Å². The molecule has 2 nitrogen and oxygen atoms in total. The summed E-state index contributed by atoms with van der Waals surface area (Å²) in [6.07, 6.45) is 2.87. The van der Waals surface area contributed by atoms with Gasteiger partial charge in [-0.1, -0.05) is 6.92 Å². The van der Waals surface area contributed by atoms with Crippen LogP contribution >= 0.6 is 0 Å². The monoisotopic (exact) mass is 157 g/mol. The molecule has 1 atom stereocenters.